The van der Waals surface area contributed by atoms with Crippen molar-refractivity contribution < 1.29 is 13.2 Å². The van der Waals surface area contributed by atoms with E-state index in [9.17, 15) is 8.42 Å². The fraction of sp³-hybridized carbons (Fsp3) is 0.500. The molecule has 6 heteroatoms. The highest BCUT2D eigenvalue weighted by Gasteiger charge is 2.13. The summed E-state index contributed by atoms with van der Waals surface area (Å²) in [5, 5.41) is 8.93. The fourth-order valence-electron chi connectivity index (χ4n) is 1.63. The number of unbranched alkanes of at least 4 members (excludes halogenated alkanes) is 1. The lowest BCUT2D eigenvalue weighted by molar-refractivity contribution is 0.136. The van der Waals surface area contributed by atoms with Crippen LogP contribution in [0.5, 0.6) is 0 Å². The van der Waals surface area contributed by atoms with Crippen molar-refractivity contribution in [3.63, 3.8) is 0 Å². The molecule has 0 radical (unpaired) electrons. The van der Waals surface area contributed by atoms with Crippen LogP contribution in [-0.4, -0.2) is 28.2 Å². The van der Waals surface area contributed by atoms with E-state index < -0.39 is 10.0 Å². The molecule has 5 nitrogen and oxygen atoms in total. The molecule has 0 aromatic heterocycles. The number of ether oxygens (including phenoxy) is 1. The van der Waals surface area contributed by atoms with E-state index in [0.717, 1.165) is 12.8 Å². The quantitative estimate of drug-likeness (QED) is 0.705. The molecule has 0 fully saturated rings. The lowest BCUT2D eigenvalue weighted by Gasteiger charge is -2.08. The molecule has 1 N–H and O–H groups in total. The van der Waals surface area contributed by atoms with Crippen LogP contribution in [0.4, 0.5) is 0 Å². The number of sulfonamides is 1. The maximum atomic E-state index is 11.9. The molecule has 0 unspecified atom stereocenters. The van der Waals surface area contributed by atoms with Gasteiger partial charge in [-0.2, -0.15) is 5.26 Å². The van der Waals surface area contributed by atoms with E-state index in [1.807, 2.05) is 6.07 Å². The van der Waals surface area contributed by atoms with Gasteiger partial charge in [0.05, 0.1) is 24.0 Å². The van der Waals surface area contributed by atoms with E-state index in [1.54, 1.807) is 24.3 Å². The van der Waals surface area contributed by atoms with Crippen LogP contribution in [0.2, 0.25) is 0 Å². The van der Waals surface area contributed by atoms with Crippen molar-refractivity contribution in [1.82, 2.24) is 4.72 Å². The molecule has 1 aromatic carbocycles. The molecular formula is C14H20N2O3S. The third-order valence-corrected chi connectivity index (χ3v) is 4.03. The molecule has 0 saturated carbocycles. The van der Waals surface area contributed by atoms with Gasteiger partial charge in [-0.3, -0.25) is 0 Å². The largest absolute Gasteiger partial charge is 0.380 e. The van der Waals surface area contributed by atoms with Gasteiger partial charge in [0.15, 0.2) is 0 Å². The second-order valence-electron chi connectivity index (χ2n) is 4.39. The fourth-order valence-corrected chi connectivity index (χ4v) is 2.79. The predicted molar refractivity (Wildman–Crippen MR) is 77.5 cm³/mol. The van der Waals surface area contributed by atoms with Crippen LogP contribution in [0, 0.1) is 11.3 Å². The van der Waals surface area contributed by atoms with E-state index in [0.29, 0.717) is 24.3 Å². The van der Waals surface area contributed by atoms with Crippen LogP contribution in [0.3, 0.4) is 0 Å². The normalized spacial score (nSPS) is 11.2. The molecule has 1 rings (SSSR count). The average Bonchev–Trinajstić information content (AvgIpc) is 2.43. The summed E-state index contributed by atoms with van der Waals surface area (Å²) in [6.45, 7) is 3.33. The van der Waals surface area contributed by atoms with Crippen molar-refractivity contribution in [2.45, 2.75) is 25.5 Å². The van der Waals surface area contributed by atoms with Crippen molar-refractivity contribution >= 4 is 10.0 Å². The van der Waals surface area contributed by atoms with Crippen LogP contribution in [0.1, 0.15) is 30.9 Å². The van der Waals surface area contributed by atoms with Gasteiger partial charge in [0.2, 0.25) is 10.0 Å². The Labute approximate surface area is 120 Å². The number of hydrogen-bond acceptors (Lipinski definition) is 4. The minimum Gasteiger partial charge on any atom is -0.380 e. The molecule has 20 heavy (non-hydrogen) atoms. The topological polar surface area (TPSA) is 79.2 Å². The first-order valence-electron chi connectivity index (χ1n) is 6.62. The molecule has 1 aromatic rings. The second-order valence-corrected chi connectivity index (χ2v) is 6.20. The minimum absolute atomic E-state index is 0.189. The van der Waals surface area contributed by atoms with Crippen molar-refractivity contribution in [3.05, 3.63) is 35.4 Å². The molecule has 0 aliphatic carbocycles. The summed E-state index contributed by atoms with van der Waals surface area (Å²) in [4.78, 5) is 0. The first kappa shape index (κ1) is 16.6. The highest BCUT2D eigenvalue weighted by atomic mass is 32.2. The lowest BCUT2D eigenvalue weighted by atomic mass is 10.1. The van der Waals surface area contributed by atoms with Gasteiger partial charge in [0, 0.05) is 13.2 Å². The summed E-state index contributed by atoms with van der Waals surface area (Å²) in [5.41, 5.74) is 0.895. The number of nitrogens with zero attached hydrogens (tertiary/aromatic N) is 1. The zero-order chi connectivity index (χ0) is 14.8. The molecule has 0 spiro atoms. The number of hydrogen-bond donors (Lipinski definition) is 1. The maximum absolute atomic E-state index is 11.9. The van der Waals surface area contributed by atoms with Crippen molar-refractivity contribution in [3.8, 4) is 6.07 Å². The number of nitriles is 1. The van der Waals surface area contributed by atoms with E-state index in [1.165, 1.54) is 0 Å². The predicted octanol–water partition coefficient (Wildman–Crippen LogP) is 1.79. The highest BCUT2D eigenvalue weighted by molar-refractivity contribution is 7.88. The van der Waals surface area contributed by atoms with Gasteiger partial charge in [-0.25, -0.2) is 13.1 Å². The maximum Gasteiger partial charge on any atom is 0.215 e. The third-order valence-electron chi connectivity index (χ3n) is 2.69. The summed E-state index contributed by atoms with van der Waals surface area (Å²) in [6, 6.07) is 8.68. The Hall–Kier alpha value is -1.42. The van der Waals surface area contributed by atoms with E-state index >= 15 is 0 Å². The van der Waals surface area contributed by atoms with Gasteiger partial charge >= 0.3 is 0 Å². The van der Waals surface area contributed by atoms with Gasteiger partial charge in [-0.05, 0) is 18.1 Å². The summed E-state index contributed by atoms with van der Waals surface area (Å²) in [7, 11) is -3.44. The second kappa shape index (κ2) is 8.69. The van der Waals surface area contributed by atoms with Crippen LogP contribution < -0.4 is 4.72 Å². The van der Waals surface area contributed by atoms with E-state index in [4.69, 9.17) is 10.00 Å². The molecular weight excluding hydrogens is 276 g/mol. The van der Waals surface area contributed by atoms with Gasteiger partial charge in [-0.15, -0.1) is 0 Å². The Bertz CT molecular complexity index is 550. The van der Waals surface area contributed by atoms with Crippen LogP contribution >= 0.6 is 0 Å². The molecule has 0 heterocycles. The lowest BCUT2D eigenvalue weighted by Crippen LogP contribution is -2.29. The number of benzene rings is 1. The van der Waals surface area contributed by atoms with Crippen LogP contribution in [0.25, 0.3) is 0 Å². The van der Waals surface area contributed by atoms with Crippen molar-refractivity contribution in [2.75, 3.05) is 19.8 Å². The molecule has 0 amide bonds. The highest BCUT2D eigenvalue weighted by Crippen LogP contribution is 2.10. The third kappa shape index (κ3) is 6.15. The zero-order valence-corrected chi connectivity index (χ0v) is 12.4. The van der Waals surface area contributed by atoms with Gasteiger partial charge in [-0.1, -0.05) is 31.5 Å². The standard InChI is InChI=1S/C14H20N2O3S/c1-2-3-9-19-10-8-16-20(17,18)12-14-7-5-4-6-13(14)11-15/h4-7,16H,2-3,8-10,12H2,1H3. The van der Waals surface area contributed by atoms with Crippen molar-refractivity contribution in [2.24, 2.45) is 0 Å². The zero-order valence-electron chi connectivity index (χ0n) is 11.6. The minimum atomic E-state index is -3.44. The molecule has 0 bridgehead atoms. The van der Waals surface area contributed by atoms with Crippen molar-refractivity contribution in [1.29, 1.82) is 5.26 Å². The smallest absolute Gasteiger partial charge is 0.215 e. The number of nitrogens with one attached hydrogen (secondary N) is 1. The van der Waals surface area contributed by atoms with E-state index in [-0.39, 0.29) is 12.3 Å². The Morgan fingerprint density at radius 2 is 2.05 bits per heavy atom. The summed E-state index contributed by atoms with van der Waals surface area (Å²) >= 11 is 0. The molecule has 0 aliphatic rings. The molecule has 110 valence electrons. The van der Waals surface area contributed by atoms with Gasteiger partial charge < -0.3 is 4.74 Å². The first-order valence-corrected chi connectivity index (χ1v) is 8.27. The SMILES string of the molecule is CCCCOCCNS(=O)(=O)Cc1ccccc1C#N. The molecule has 0 aliphatic heterocycles. The monoisotopic (exact) mass is 296 g/mol. The van der Waals surface area contributed by atoms with Gasteiger partial charge in [0.25, 0.3) is 0 Å². The Balaban J connectivity index is 2.44. The summed E-state index contributed by atoms with van der Waals surface area (Å²) in [6.07, 6.45) is 2.03. The Morgan fingerprint density at radius 3 is 2.75 bits per heavy atom. The van der Waals surface area contributed by atoms with Crippen LogP contribution in [0.15, 0.2) is 24.3 Å². The van der Waals surface area contributed by atoms with E-state index in [2.05, 4.69) is 11.6 Å². The summed E-state index contributed by atoms with van der Waals surface area (Å²) in [5.74, 6) is -0.189. The average molecular weight is 296 g/mol. The molecule has 0 atom stereocenters. The van der Waals surface area contributed by atoms with Gasteiger partial charge in [0.1, 0.15) is 0 Å². The Kier molecular flexibility index (Phi) is 7.23. The van der Waals surface area contributed by atoms with Crippen LogP contribution in [-0.2, 0) is 20.5 Å². The first-order chi connectivity index (χ1) is 9.59. The summed E-state index contributed by atoms with van der Waals surface area (Å²) < 4.78 is 31.5. The molecule has 0 saturated heterocycles. The Morgan fingerprint density at radius 1 is 1.30 bits per heavy atom. The number of rotatable bonds is 9.